The summed E-state index contributed by atoms with van der Waals surface area (Å²) in [6, 6.07) is 8.58. The predicted molar refractivity (Wildman–Crippen MR) is 128 cm³/mol. The number of aromatic nitrogens is 4. The van der Waals surface area contributed by atoms with E-state index in [0.29, 0.717) is 23.2 Å². The summed E-state index contributed by atoms with van der Waals surface area (Å²) in [5.41, 5.74) is 5.68. The summed E-state index contributed by atoms with van der Waals surface area (Å²) < 4.78 is 1.80. The molecule has 170 valence electrons. The molecule has 1 saturated heterocycles. The van der Waals surface area contributed by atoms with Crippen LogP contribution in [0.15, 0.2) is 29.4 Å². The average molecular weight is 453 g/mol. The number of piperidine rings is 1. The summed E-state index contributed by atoms with van der Waals surface area (Å²) >= 11 is 1.36. The Labute approximate surface area is 194 Å². The first kappa shape index (κ1) is 22.7. The highest BCUT2D eigenvalue weighted by Gasteiger charge is 2.15. The maximum absolute atomic E-state index is 12.2. The fourth-order valence-corrected chi connectivity index (χ4v) is 4.78. The number of nitrogens with one attached hydrogen (secondary N) is 1. The van der Waals surface area contributed by atoms with Crippen LogP contribution in [0.1, 0.15) is 47.3 Å². The predicted octanol–water partition coefficient (Wildman–Crippen LogP) is 3.33. The number of carbonyl (C=O) groups excluding carboxylic acids is 1. The molecule has 7 nitrogen and oxygen atoms in total. The number of aryl methyl sites for hydroxylation is 3. The zero-order valence-corrected chi connectivity index (χ0v) is 20.0. The zero-order chi connectivity index (χ0) is 22.5. The van der Waals surface area contributed by atoms with Crippen molar-refractivity contribution in [3.63, 3.8) is 0 Å². The van der Waals surface area contributed by atoms with Gasteiger partial charge in [0, 0.05) is 30.9 Å². The maximum Gasteiger partial charge on any atom is 0.253 e. The molecule has 3 heterocycles. The Kier molecular flexibility index (Phi) is 7.42. The lowest BCUT2D eigenvalue weighted by molar-refractivity contribution is -0.118. The highest BCUT2D eigenvalue weighted by Crippen LogP contribution is 2.21. The fourth-order valence-electron chi connectivity index (χ4n) is 4.13. The van der Waals surface area contributed by atoms with Crippen molar-refractivity contribution >= 4 is 23.4 Å². The van der Waals surface area contributed by atoms with Crippen LogP contribution in [0.4, 0.5) is 0 Å². The van der Waals surface area contributed by atoms with Gasteiger partial charge in [0.1, 0.15) is 0 Å². The zero-order valence-electron chi connectivity index (χ0n) is 19.2. The lowest BCUT2D eigenvalue weighted by atomic mass is 10.0. The van der Waals surface area contributed by atoms with Crippen molar-refractivity contribution in [1.29, 1.82) is 0 Å². The van der Waals surface area contributed by atoms with E-state index in [2.05, 4.69) is 63.4 Å². The number of hydrogen-bond donors (Lipinski definition) is 1. The monoisotopic (exact) mass is 452 g/mol. The number of benzene rings is 1. The lowest BCUT2D eigenvalue weighted by Crippen LogP contribution is -2.38. The Balaban J connectivity index is 1.36. The second kappa shape index (κ2) is 10.4. The number of rotatable bonds is 8. The van der Waals surface area contributed by atoms with Gasteiger partial charge in [0.15, 0.2) is 0 Å². The van der Waals surface area contributed by atoms with E-state index in [-0.39, 0.29) is 5.91 Å². The van der Waals surface area contributed by atoms with Crippen LogP contribution < -0.4 is 5.32 Å². The average Bonchev–Trinajstić information content (AvgIpc) is 3.20. The van der Waals surface area contributed by atoms with Crippen LogP contribution in [0.3, 0.4) is 0 Å². The van der Waals surface area contributed by atoms with Gasteiger partial charge < -0.3 is 10.2 Å². The molecule has 1 aliphatic rings. The minimum absolute atomic E-state index is 0.0202. The summed E-state index contributed by atoms with van der Waals surface area (Å²) in [5, 5.41) is 8.21. The van der Waals surface area contributed by atoms with Crippen molar-refractivity contribution in [2.24, 2.45) is 0 Å². The van der Waals surface area contributed by atoms with Gasteiger partial charge in [0.05, 0.1) is 5.75 Å². The Morgan fingerprint density at radius 2 is 1.81 bits per heavy atom. The number of carbonyl (C=O) groups is 1. The Hall–Kier alpha value is -2.45. The van der Waals surface area contributed by atoms with Crippen LogP contribution in [0.25, 0.3) is 5.78 Å². The number of hydrogen-bond acceptors (Lipinski definition) is 6. The molecule has 0 bridgehead atoms. The first-order chi connectivity index (χ1) is 15.5. The van der Waals surface area contributed by atoms with Crippen molar-refractivity contribution in [3.05, 3.63) is 52.3 Å². The van der Waals surface area contributed by atoms with Gasteiger partial charge in [0.25, 0.3) is 5.78 Å². The van der Waals surface area contributed by atoms with E-state index in [1.807, 2.05) is 6.92 Å². The van der Waals surface area contributed by atoms with Gasteiger partial charge in [-0.25, -0.2) is 9.50 Å². The molecule has 2 aromatic heterocycles. The van der Waals surface area contributed by atoms with Crippen LogP contribution in [0, 0.1) is 20.8 Å². The van der Waals surface area contributed by atoms with E-state index in [9.17, 15) is 4.79 Å². The Bertz CT molecular complexity index is 1070. The van der Waals surface area contributed by atoms with Gasteiger partial charge >= 0.3 is 0 Å². The van der Waals surface area contributed by atoms with Crippen molar-refractivity contribution in [1.82, 2.24) is 29.8 Å². The highest BCUT2D eigenvalue weighted by molar-refractivity contribution is 7.99. The number of likely N-dealkylation sites (tertiary alicyclic amines) is 1. The molecular formula is C24H32N6OS. The van der Waals surface area contributed by atoms with E-state index in [1.54, 1.807) is 4.52 Å². The normalized spacial score (nSPS) is 14.7. The third kappa shape index (κ3) is 5.66. The number of thioether (sulfide) groups is 1. The van der Waals surface area contributed by atoms with Crippen molar-refractivity contribution < 1.29 is 4.79 Å². The van der Waals surface area contributed by atoms with Crippen LogP contribution in [-0.2, 0) is 11.2 Å². The summed E-state index contributed by atoms with van der Waals surface area (Å²) in [5.74, 6) is 0.915. The van der Waals surface area contributed by atoms with E-state index < -0.39 is 0 Å². The summed E-state index contributed by atoms with van der Waals surface area (Å²) in [4.78, 5) is 23.9. The smallest absolute Gasteiger partial charge is 0.253 e. The summed E-state index contributed by atoms with van der Waals surface area (Å²) in [6.45, 7) is 10.1. The molecule has 8 heteroatoms. The number of fused-ring (bicyclic) bond motifs is 1. The third-order valence-electron chi connectivity index (χ3n) is 6.06. The molecule has 0 unspecified atom stereocenters. The van der Waals surface area contributed by atoms with E-state index in [0.717, 1.165) is 37.4 Å². The second-order valence-electron chi connectivity index (χ2n) is 8.57. The lowest BCUT2D eigenvalue weighted by Gasteiger charge is -2.26. The summed E-state index contributed by atoms with van der Waals surface area (Å²) in [7, 11) is 0. The molecule has 1 aromatic carbocycles. The number of amides is 1. The molecule has 1 fully saturated rings. The molecule has 4 rings (SSSR count). The molecule has 0 saturated carbocycles. The minimum Gasteiger partial charge on any atom is -0.354 e. The quantitative estimate of drug-likeness (QED) is 0.529. The molecule has 1 N–H and O–H groups in total. The molecular weight excluding hydrogens is 420 g/mol. The van der Waals surface area contributed by atoms with Gasteiger partial charge in [-0.15, -0.1) is 5.10 Å². The van der Waals surface area contributed by atoms with Crippen molar-refractivity contribution in [2.75, 3.05) is 31.9 Å². The van der Waals surface area contributed by atoms with Crippen LogP contribution in [-0.4, -0.2) is 62.3 Å². The van der Waals surface area contributed by atoms with Crippen LogP contribution >= 0.6 is 11.8 Å². The first-order valence-electron chi connectivity index (χ1n) is 11.4. The molecule has 0 spiro atoms. The van der Waals surface area contributed by atoms with Crippen LogP contribution in [0.2, 0.25) is 0 Å². The van der Waals surface area contributed by atoms with Crippen LogP contribution in [0.5, 0.6) is 0 Å². The molecule has 0 radical (unpaired) electrons. The van der Waals surface area contributed by atoms with E-state index in [4.69, 9.17) is 0 Å². The third-order valence-corrected chi connectivity index (χ3v) is 6.90. The maximum atomic E-state index is 12.2. The van der Waals surface area contributed by atoms with E-state index >= 15 is 0 Å². The van der Waals surface area contributed by atoms with Gasteiger partial charge in [-0.3, -0.25) is 4.79 Å². The number of nitrogens with zero attached hydrogens (tertiary/aromatic N) is 5. The Morgan fingerprint density at radius 3 is 2.56 bits per heavy atom. The molecule has 32 heavy (non-hydrogen) atoms. The van der Waals surface area contributed by atoms with Crippen molar-refractivity contribution in [2.45, 2.75) is 51.6 Å². The topological polar surface area (TPSA) is 75.4 Å². The molecule has 3 aromatic rings. The van der Waals surface area contributed by atoms with Gasteiger partial charge in [-0.1, -0.05) is 48.0 Å². The molecule has 1 amide bonds. The largest absolute Gasteiger partial charge is 0.354 e. The second-order valence-corrected chi connectivity index (χ2v) is 9.51. The van der Waals surface area contributed by atoms with Crippen molar-refractivity contribution in [3.8, 4) is 0 Å². The minimum atomic E-state index is 0.0202. The standard InChI is InChI=1S/C24H32N6OS/c1-17-7-9-20(10-8-17)15-21-18(2)26-23-27-24(28-30(23)19(21)3)32-16-22(31)25-11-14-29-12-5-4-6-13-29/h7-10H,4-6,11-16H2,1-3H3,(H,25,31). The summed E-state index contributed by atoms with van der Waals surface area (Å²) in [6.07, 6.45) is 4.67. The Morgan fingerprint density at radius 1 is 1.06 bits per heavy atom. The SMILES string of the molecule is Cc1ccc(Cc2c(C)nc3nc(SCC(=O)NCCN4CCCCC4)nn3c2C)cc1. The van der Waals surface area contributed by atoms with Gasteiger partial charge in [-0.05, 0) is 57.8 Å². The molecule has 0 aliphatic carbocycles. The van der Waals surface area contributed by atoms with E-state index in [1.165, 1.54) is 47.7 Å². The fraction of sp³-hybridized carbons (Fsp3) is 0.500. The molecule has 0 atom stereocenters. The first-order valence-corrected chi connectivity index (χ1v) is 12.4. The highest BCUT2D eigenvalue weighted by atomic mass is 32.2. The van der Waals surface area contributed by atoms with Gasteiger partial charge in [0.2, 0.25) is 11.1 Å². The molecule has 1 aliphatic heterocycles. The van der Waals surface area contributed by atoms with Gasteiger partial charge in [-0.2, -0.15) is 4.98 Å².